The Kier molecular flexibility index (Phi) is 7.84. The number of halogens is 3. The van der Waals surface area contributed by atoms with Crippen LogP contribution >= 0.6 is 11.6 Å². The summed E-state index contributed by atoms with van der Waals surface area (Å²) in [5.41, 5.74) is -0.155. The smallest absolute Gasteiger partial charge is 0.410 e. The Bertz CT molecular complexity index is 1300. The normalized spacial score (nSPS) is 13.9. The van der Waals surface area contributed by atoms with Crippen LogP contribution in [-0.2, 0) is 9.47 Å². The third-order valence-electron chi connectivity index (χ3n) is 5.33. The SMILES string of the molecule is COCCOc1cc2ncnc(Nc3ccc(F)c(Cl)c3F)c2cc1OC1CN(C(=O)OC(C)(C)C)C1. The van der Waals surface area contributed by atoms with Crippen molar-refractivity contribution >= 4 is 40.1 Å². The summed E-state index contributed by atoms with van der Waals surface area (Å²) in [7, 11) is 1.56. The van der Waals surface area contributed by atoms with Crippen molar-refractivity contribution in [3.05, 3.63) is 47.2 Å². The number of benzene rings is 2. The second kappa shape index (κ2) is 10.9. The van der Waals surface area contributed by atoms with Gasteiger partial charge in [-0.15, -0.1) is 0 Å². The fourth-order valence-electron chi connectivity index (χ4n) is 3.52. The molecule has 0 atom stereocenters. The van der Waals surface area contributed by atoms with Crippen LogP contribution < -0.4 is 14.8 Å². The molecule has 1 fully saturated rings. The van der Waals surface area contributed by atoms with Crippen LogP contribution in [0.3, 0.4) is 0 Å². The summed E-state index contributed by atoms with van der Waals surface area (Å²) < 4.78 is 50.6. The third-order valence-corrected chi connectivity index (χ3v) is 5.67. The van der Waals surface area contributed by atoms with Crippen molar-refractivity contribution in [3.8, 4) is 11.5 Å². The van der Waals surface area contributed by atoms with Gasteiger partial charge in [-0.25, -0.2) is 23.5 Å². The number of aromatic nitrogens is 2. The van der Waals surface area contributed by atoms with Crippen molar-refractivity contribution in [2.24, 2.45) is 0 Å². The van der Waals surface area contributed by atoms with E-state index in [0.717, 1.165) is 6.07 Å². The summed E-state index contributed by atoms with van der Waals surface area (Å²) in [4.78, 5) is 22.3. The van der Waals surface area contributed by atoms with Gasteiger partial charge in [-0.3, -0.25) is 0 Å². The summed E-state index contributed by atoms with van der Waals surface area (Å²) in [6, 6.07) is 5.62. The predicted molar refractivity (Wildman–Crippen MR) is 134 cm³/mol. The molecule has 0 spiro atoms. The first-order valence-electron chi connectivity index (χ1n) is 11.5. The fraction of sp³-hybridized carbons (Fsp3) is 0.400. The molecule has 2 heterocycles. The Hall–Kier alpha value is -3.44. The second-order valence-corrected chi connectivity index (χ2v) is 9.73. The maximum Gasteiger partial charge on any atom is 0.410 e. The van der Waals surface area contributed by atoms with E-state index in [1.54, 1.807) is 44.9 Å². The van der Waals surface area contributed by atoms with Crippen LogP contribution in [0.4, 0.5) is 25.1 Å². The van der Waals surface area contributed by atoms with Crippen molar-refractivity contribution in [2.45, 2.75) is 32.5 Å². The number of ether oxygens (including phenoxy) is 4. The first kappa shape index (κ1) is 26.6. The number of likely N-dealkylation sites (tertiary alicyclic amines) is 1. The number of nitrogens with one attached hydrogen (secondary N) is 1. The first-order valence-corrected chi connectivity index (χ1v) is 11.9. The molecule has 3 aromatic rings. The lowest BCUT2D eigenvalue weighted by Gasteiger charge is -2.39. The van der Waals surface area contributed by atoms with Crippen molar-refractivity contribution < 1.29 is 32.5 Å². The average Bonchev–Trinajstić information content (AvgIpc) is 2.80. The molecule has 4 rings (SSSR count). The van der Waals surface area contributed by atoms with Gasteiger partial charge in [0.15, 0.2) is 17.3 Å². The number of methoxy groups -OCH3 is 1. The molecule has 1 aromatic heterocycles. The van der Waals surface area contributed by atoms with Gasteiger partial charge in [0.05, 0.1) is 30.9 Å². The molecule has 198 valence electrons. The summed E-state index contributed by atoms with van der Waals surface area (Å²) in [5, 5.41) is 2.72. The van der Waals surface area contributed by atoms with Gasteiger partial charge in [0.2, 0.25) is 0 Å². The number of rotatable bonds is 8. The number of hydrogen-bond donors (Lipinski definition) is 1. The van der Waals surface area contributed by atoms with Gasteiger partial charge in [0.1, 0.15) is 41.3 Å². The lowest BCUT2D eigenvalue weighted by Crippen LogP contribution is -2.57. The van der Waals surface area contributed by atoms with Gasteiger partial charge in [-0.1, -0.05) is 11.6 Å². The van der Waals surface area contributed by atoms with E-state index in [0.29, 0.717) is 42.1 Å². The number of carbonyl (C=O) groups excluding carboxylic acids is 1. The van der Waals surface area contributed by atoms with Crippen LogP contribution in [0.25, 0.3) is 10.9 Å². The number of nitrogens with zero attached hydrogens (tertiary/aromatic N) is 3. The molecule has 12 heteroatoms. The van der Waals surface area contributed by atoms with E-state index in [9.17, 15) is 13.6 Å². The first-order chi connectivity index (χ1) is 17.6. The van der Waals surface area contributed by atoms with Gasteiger partial charge in [0.25, 0.3) is 0 Å². The molecular weight excluding hydrogens is 510 g/mol. The van der Waals surface area contributed by atoms with Crippen molar-refractivity contribution in [1.29, 1.82) is 0 Å². The number of amides is 1. The van der Waals surface area contributed by atoms with Crippen molar-refractivity contribution in [2.75, 3.05) is 38.7 Å². The van der Waals surface area contributed by atoms with E-state index < -0.39 is 28.4 Å². The highest BCUT2D eigenvalue weighted by Gasteiger charge is 2.35. The zero-order valence-corrected chi connectivity index (χ0v) is 21.6. The molecule has 0 radical (unpaired) electrons. The van der Waals surface area contributed by atoms with Crippen LogP contribution in [-0.4, -0.2) is 66.1 Å². The average molecular weight is 537 g/mol. The zero-order valence-electron chi connectivity index (χ0n) is 20.8. The largest absolute Gasteiger partial charge is 0.487 e. The van der Waals surface area contributed by atoms with Crippen LogP contribution in [0.1, 0.15) is 20.8 Å². The van der Waals surface area contributed by atoms with Crippen LogP contribution in [0.5, 0.6) is 11.5 Å². The highest BCUT2D eigenvalue weighted by molar-refractivity contribution is 6.31. The number of anilines is 2. The number of fused-ring (bicyclic) bond motifs is 1. The topological polar surface area (TPSA) is 95.0 Å². The van der Waals surface area contributed by atoms with Crippen LogP contribution in [0.2, 0.25) is 5.02 Å². The molecule has 1 aliphatic heterocycles. The highest BCUT2D eigenvalue weighted by atomic mass is 35.5. The Morgan fingerprint density at radius 2 is 1.92 bits per heavy atom. The lowest BCUT2D eigenvalue weighted by atomic mass is 10.1. The maximum atomic E-state index is 14.5. The van der Waals surface area contributed by atoms with Gasteiger partial charge >= 0.3 is 6.09 Å². The molecule has 37 heavy (non-hydrogen) atoms. The summed E-state index contributed by atoms with van der Waals surface area (Å²) in [5.74, 6) is -0.759. The minimum atomic E-state index is -0.943. The molecule has 1 aliphatic rings. The number of carbonyl (C=O) groups is 1. The fourth-order valence-corrected chi connectivity index (χ4v) is 3.69. The molecule has 2 aromatic carbocycles. The molecule has 1 amide bonds. The van der Waals surface area contributed by atoms with Gasteiger partial charge in [-0.05, 0) is 39.0 Å². The molecule has 0 saturated carbocycles. The zero-order chi connectivity index (χ0) is 26.7. The van der Waals surface area contributed by atoms with Gasteiger partial charge in [-0.2, -0.15) is 0 Å². The summed E-state index contributed by atoms with van der Waals surface area (Å²) in [6.07, 6.45) is 0.587. The Morgan fingerprint density at radius 1 is 1.16 bits per heavy atom. The molecule has 9 nitrogen and oxygen atoms in total. The third kappa shape index (κ3) is 6.28. The maximum absolute atomic E-state index is 14.5. The van der Waals surface area contributed by atoms with E-state index in [-0.39, 0.29) is 24.2 Å². The van der Waals surface area contributed by atoms with E-state index in [1.807, 2.05) is 0 Å². The Labute approximate surface area is 217 Å². The summed E-state index contributed by atoms with van der Waals surface area (Å²) in [6.45, 7) is 6.70. The van der Waals surface area contributed by atoms with E-state index in [2.05, 4.69) is 15.3 Å². The molecule has 1 N–H and O–H groups in total. The second-order valence-electron chi connectivity index (χ2n) is 9.35. The standard InChI is InChI=1S/C25H27ClF2N4O5/c1-25(2,3)37-24(33)32-11-14(12-32)36-20-9-15-18(10-19(20)35-8-7-34-4)29-13-30-23(15)31-17-6-5-16(27)21(26)22(17)28/h5-6,9-10,13-14H,7-8,11-12H2,1-4H3,(H,29,30,31). The Balaban J connectivity index is 1.60. The predicted octanol–water partition coefficient (Wildman–Crippen LogP) is 5.33. The minimum absolute atomic E-state index is 0.0544. The Morgan fingerprint density at radius 3 is 2.62 bits per heavy atom. The lowest BCUT2D eigenvalue weighted by molar-refractivity contribution is -0.0227. The molecular formula is C25H27ClF2N4O5. The van der Waals surface area contributed by atoms with Crippen molar-refractivity contribution in [3.63, 3.8) is 0 Å². The van der Waals surface area contributed by atoms with Crippen LogP contribution in [0, 0.1) is 11.6 Å². The molecule has 0 unspecified atom stereocenters. The molecule has 1 saturated heterocycles. The monoisotopic (exact) mass is 536 g/mol. The van der Waals surface area contributed by atoms with E-state index in [4.69, 9.17) is 30.5 Å². The van der Waals surface area contributed by atoms with Crippen LogP contribution in [0.15, 0.2) is 30.6 Å². The minimum Gasteiger partial charge on any atom is -0.487 e. The van der Waals surface area contributed by atoms with Gasteiger partial charge in [0, 0.05) is 18.6 Å². The van der Waals surface area contributed by atoms with E-state index >= 15 is 0 Å². The summed E-state index contributed by atoms with van der Waals surface area (Å²) >= 11 is 5.72. The quantitative estimate of drug-likeness (QED) is 0.305. The van der Waals surface area contributed by atoms with Crippen molar-refractivity contribution in [1.82, 2.24) is 14.9 Å². The molecule has 0 aliphatic carbocycles. The number of hydrogen-bond acceptors (Lipinski definition) is 8. The highest BCUT2D eigenvalue weighted by Crippen LogP contribution is 2.37. The van der Waals surface area contributed by atoms with Gasteiger partial charge < -0.3 is 29.2 Å². The van der Waals surface area contributed by atoms with E-state index in [1.165, 1.54) is 12.4 Å². The molecule has 0 bridgehead atoms.